The summed E-state index contributed by atoms with van der Waals surface area (Å²) in [5, 5.41) is 2.61. The molecule has 0 aromatic heterocycles. The fourth-order valence-electron chi connectivity index (χ4n) is 1.38. The van der Waals surface area contributed by atoms with E-state index in [0.717, 1.165) is 0 Å². The van der Waals surface area contributed by atoms with Gasteiger partial charge < -0.3 is 19.5 Å². The highest BCUT2D eigenvalue weighted by atomic mass is 16.5. The molecule has 0 aliphatic carbocycles. The van der Waals surface area contributed by atoms with Crippen molar-refractivity contribution in [2.75, 3.05) is 26.1 Å². The molecule has 0 fully saturated rings. The lowest BCUT2D eigenvalue weighted by atomic mass is 10.2. The van der Waals surface area contributed by atoms with E-state index in [9.17, 15) is 9.59 Å². The Balaban J connectivity index is 2.63. The van der Waals surface area contributed by atoms with Gasteiger partial charge in [-0.05, 0) is 0 Å². The molecule has 0 saturated carbocycles. The summed E-state index contributed by atoms with van der Waals surface area (Å²) in [6, 6.07) is 4.98. The first kappa shape index (κ1) is 15.8. The fraction of sp³-hybridized carbons (Fsp3) is 0.429. The Morgan fingerprint density at radius 1 is 1.10 bits per heavy atom. The summed E-state index contributed by atoms with van der Waals surface area (Å²) in [5.41, 5.74) is 0.506. The van der Waals surface area contributed by atoms with Gasteiger partial charge in [0.1, 0.15) is 11.5 Å². The molecule has 0 aliphatic heterocycles. The van der Waals surface area contributed by atoms with E-state index in [0.29, 0.717) is 17.2 Å². The molecule has 0 saturated heterocycles. The predicted octanol–water partition coefficient (Wildman–Crippen LogP) is 1.84. The number of ether oxygens (including phenoxy) is 3. The zero-order chi connectivity index (χ0) is 15.1. The first-order valence-corrected chi connectivity index (χ1v) is 6.15. The van der Waals surface area contributed by atoms with Crippen LogP contribution in [0.3, 0.4) is 0 Å². The molecule has 0 unspecified atom stereocenters. The van der Waals surface area contributed by atoms with Gasteiger partial charge in [-0.1, -0.05) is 13.8 Å². The number of methoxy groups -OCH3 is 2. The number of carbonyl (C=O) groups is 2. The minimum Gasteiger partial charge on any atom is -0.497 e. The van der Waals surface area contributed by atoms with E-state index >= 15 is 0 Å². The standard InChI is InChI=1S/C14H19NO5/c1-9(2)14(17)20-8-13(16)15-10-5-11(18-3)7-12(6-10)19-4/h5-7,9H,8H2,1-4H3,(H,15,16). The highest BCUT2D eigenvalue weighted by Crippen LogP contribution is 2.25. The molecule has 20 heavy (non-hydrogen) atoms. The van der Waals surface area contributed by atoms with Crippen molar-refractivity contribution in [3.05, 3.63) is 18.2 Å². The van der Waals surface area contributed by atoms with Crippen LogP contribution in [0.1, 0.15) is 13.8 Å². The maximum absolute atomic E-state index is 11.7. The molecular formula is C14H19NO5. The molecule has 110 valence electrons. The minimum absolute atomic E-state index is 0.264. The summed E-state index contributed by atoms with van der Waals surface area (Å²) < 4.78 is 15.0. The van der Waals surface area contributed by atoms with Gasteiger partial charge >= 0.3 is 5.97 Å². The largest absolute Gasteiger partial charge is 0.497 e. The fourth-order valence-corrected chi connectivity index (χ4v) is 1.38. The average Bonchev–Trinajstić information content (AvgIpc) is 2.43. The van der Waals surface area contributed by atoms with Crippen LogP contribution in [0, 0.1) is 5.92 Å². The molecule has 1 aromatic carbocycles. The van der Waals surface area contributed by atoms with Crippen LogP contribution in [0.5, 0.6) is 11.5 Å². The second-order valence-electron chi connectivity index (χ2n) is 4.41. The van der Waals surface area contributed by atoms with E-state index in [-0.39, 0.29) is 12.5 Å². The number of rotatable bonds is 6. The van der Waals surface area contributed by atoms with Gasteiger partial charge in [0, 0.05) is 23.9 Å². The lowest BCUT2D eigenvalue weighted by Gasteiger charge is -2.10. The Morgan fingerprint density at radius 3 is 2.10 bits per heavy atom. The number of hydrogen-bond donors (Lipinski definition) is 1. The number of esters is 1. The number of amides is 1. The summed E-state index contributed by atoms with van der Waals surface area (Å²) in [5.74, 6) is 0.00930. The van der Waals surface area contributed by atoms with Crippen molar-refractivity contribution in [3.8, 4) is 11.5 Å². The van der Waals surface area contributed by atoms with E-state index in [4.69, 9.17) is 14.2 Å². The third-order valence-electron chi connectivity index (χ3n) is 2.45. The molecule has 1 aromatic rings. The lowest BCUT2D eigenvalue weighted by molar-refractivity contribution is -0.150. The second-order valence-corrected chi connectivity index (χ2v) is 4.41. The van der Waals surface area contributed by atoms with E-state index < -0.39 is 11.9 Å². The van der Waals surface area contributed by atoms with Gasteiger partial charge in [-0.2, -0.15) is 0 Å². The molecule has 1 rings (SSSR count). The van der Waals surface area contributed by atoms with Crippen molar-refractivity contribution in [2.24, 2.45) is 5.92 Å². The van der Waals surface area contributed by atoms with Crippen molar-refractivity contribution >= 4 is 17.6 Å². The Hall–Kier alpha value is -2.24. The number of hydrogen-bond acceptors (Lipinski definition) is 5. The smallest absolute Gasteiger partial charge is 0.308 e. The Bertz CT molecular complexity index is 462. The SMILES string of the molecule is COc1cc(NC(=O)COC(=O)C(C)C)cc(OC)c1. The topological polar surface area (TPSA) is 73.9 Å². The van der Waals surface area contributed by atoms with Crippen molar-refractivity contribution in [1.82, 2.24) is 0 Å². The maximum Gasteiger partial charge on any atom is 0.308 e. The van der Waals surface area contributed by atoms with Gasteiger partial charge in [-0.25, -0.2) is 0 Å². The number of carbonyl (C=O) groups excluding carboxylic acids is 2. The molecule has 6 heteroatoms. The molecule has 0 aliphatic rings. The molecule has 0 bridgehead atoms. The zero-order valence-corrected chi connectivity index (χ0v) is 12.1. The number of benzene rings is 1. The van der Waals surface area contributed by atoms with Gasteiger partial charge in [0.05, 0.1) is 20.1 Å². The molecule has 1 amide bonds. The summed E-state index contributed by atoms with van der Waals surface area (Å²) in [6.07, 6.45) is 0. The maximum atomic E-state index is 11.7. The van der Waals surface area contributed by atoms with E-state index in [1.54, 1.807) is 32.0 Å². The van der Waals surface area contributed by atoms with Crippen molar-refractivity contribution in [1.29, 1.82) is 0 Å². The van der Waals surface area contributed by atoms with Gasteiger partial charge in [0.2, 0.25) is 0 Å². The molecular weight excluding hydrogens is 262 g/mol. The molecule has 0 heterocycles. The van der Waals surface area contributed by atoms with Gasteiger partial charge in [-0.3, -0.25) is 9.59 Å². The second kappa shape index (κ2) is 7.37. The van der Waals surface area contributed by atoms with E-state index in [1.807, 2.05) is 0 Å². The Kier molecular flexibility index (Phi) is 5.83. The minimum atomic E-state index is -0.422. The van der Waals surface area contributed by atoms with Crippen LogP contribution in [0.4, 0.5) is 5.69 Å². The third-order valence-corrected chi connectivity index (χ3v) is 2.45. The normalized spacial score (nSPS) is 10.1. The monoisotopic (exact) mass is 281 g/mol. The predicted molar refractivity (Wildman–Crippen MR) is 74.0 cm³/mol. The van der Waals surface area contributed by atoms with Gasteiger partial charge in [0.25, 0.3) is 5.91 Å². The summed E-state index contributed by atoms with van der Waals surface area (Å²) in [4.78, 5) is 22.9. The summed E-state index contributed by atoms with van der Waals surface area (Å²) in [6.45, 7) is 3.08. The van der Waals surface area contributed by atoms with E-state index in [1.165, 1.54) is 14.2 Å². The van der Waals surface area contributed by atoms with Crippen LogP contribution in [0.2, 0.25) is 0 Å². The van der Waals surface area contributed by atoms with Gasteiger partial charge in [0.15, 0.2) is 6.61 Å². The van der Waals surface area contributed by atoms with Crippen LogP contribution in [0.25, 0.3) is 0 Å². The Morgan fingerprint density at radius 2 is 1.65 bits per heavy atom. The van der Waals surface area contributed by atoms with Crippen LogP contribution in [-0.4, -0.2) is 32.7 Å². The third kappa shape index (κ3) is 4.79. The van der Waals surface area contributed by atoms with Crippen LogP contribution < -0.4 is 14.8 Å². The van der Waals surface area contributed by atoms with Gasteiger partial charge in [-0.15, -0.1) is 0 Å². The van der Waals surface area contributed by atoms with Crippen LogP contribution in [0.15, 0.2) is 18.2 Å². The quantitative estimate of drug-likeness (QED) is 0.805. The molecule has 0 radical (unpaired) electrons. The molecule has 1 N–H and O–H groups in total. The molecule has 0 atom stereocenters. The van der Waals surface area contributed by atoms with Crippen molar-refractivity contribution in [3.63, 3.8) is 0 Å². The first-order chi connectivity index (χ1) is 9.46. The van der Waals surface area contributed by atoms with Crippen molar-refractivity contribution in [2.45, 2.75) is 13.8 Å². The molecule has 0 spiro atoms. The number of anilines is 1. The van der Waals surface area contributed by atoms with Crippen molar-refractivity contribution < 1.29 is 23.8 Å². The van der Waals surface area contributed by atoms with Crippen LogP contribution >= 0.6 is 0 Å². The highest BCUT2D eigenvalue weighted by Gasteiger charge is 2.12. The Labute approximate surface area is 118 Å². The van der Waals surface area contributed by atoms with E-state index in [2.05, 4.69) is 5.32 Å². The summed E-state index contributed by atoms with van der Waals surface area (Å²) >= 11 is 0. The molecule has 6 nitrogen and oxygen atoms in total. The first-order valence-electron chi connectivity index (χ1n) is 6.15. The zero-order valence-electron chi connectivity index (χ0n) is 12.1. The summed E-state index contributed by atoms with van der Waals surface area (Å²) in [7, 11) is 3.04. The number of nitrogens with one attached hydrogen (secondary N) is 1. The lowest BCUT2D eigenvalue weighted by Crippen LogP contribution is -2.22. The average molecular weight is 281 g/mol. The van der Waals surface area contributed by atoms with Crippen LogP contribution in [-0.2, 0) is 14.3 Å². The highest BCUT2D eigenvalue weighted by molar-refractivity contribution is 5.93.